The monoisotopic (exact) mass is 286 g/mol. The van der Waals surface area contributed by atoms with Gasteiger partial charge in [0.1, 0.15) is 6.04 Å². The first-order valence-corrected chi connectivity index (χ1v) is 5.59. The smallest absolute Gasteiger partial charge is 0.303 e. The summed E-state index contributed by atoms with van der Waals surface area (Å²) in [6.45, 7) is 0. The second-order valence-corrected chi connectivity index (χ2v) is 3.96. The second kappa shape index (κ2) is 6.60. The molecular weight excluding hydrogens is 274 g/mol. The summed E-state index contributed by atoms with van der Waals surface area (Å²) in [4.78, 5) is 33.2. The molecule has 0 saturated carbocycles. The maximum absolute atomic E-state index is 13.4. The molecule has 0 aliphatic rings. The number of nitrogens with one attached hydrogen (secondary N) is 1. The molecule has 4 N–H and O–H groups in total. The van der Waals surface area contributed by atoms with Gasteiger partial charge in [-0.15, -0.1) is 0 Å². The lowest BCUT2D eigenvalue weighted by Gasteiger charge is -2.14. The highest BCUT2D eigenvalue weighted by atomic mass is 19.2. The summed E-state index contributed by atoms with van der Waals surface area (Å²) in [5.74, 6) is -5.75. The molecule has 8 heteroatoms. The number of benzene rings is 1. The van der Waals surface area contributed by atoms with E-state index in [1.165, 1.54) is 0 Å². The molecule has 0 unspecified atom stereocenters. The Kier molecular flexibility index (Phi) is 5.13. The van der Waals surface area contributed by atoms with E-state index in [-0.39, 0.29) is 6.42 Å². The van der Waals surface area contributed by atoms with Gasteiger partial charge in [0.25, 0.3) is 5.91 Å². The molecule has 0 aromatic heterocycles. The Hall–Kier alpha value is -2.51. The molecular formula is C12H12F2N2O4. The summed E-state index contributed by atoms with van der Waals surface area (Å²) >= 11 is 0. The van der Waals surface area contributed by atoms with Gasteiger partial charge < -0.3 is 16.2 Å². The maximum atomic E-state index is 13.4. The van der Waals surface area contributed by atoms with Crippen molar-refractivity contribution in [3.63, 3.8) is 0 Å². The average molecular weight is 286 g/mol. The highest BCUT2D eigenvalue weighted by molar-refractivity contribution is 5.97. The van der Waals surface area contributed by atoms with Crippen molar-refractivity contribution in [1.29, 1.82) is 0 Å². The number of halogens is 2. The van der Waals surface area contributed by atoms with Crippen molar-refractivity contribution in [3.8, 4) is 0 Å². The third-order valence-corrected chi connectivity index (χ3v) is 2.49. The van der Waals surface area contributed by atoms with E-state index in [0.29, 0.717) is 0 Å². The van der Waals surface area contributed by atoms with Crippen molar-refractivity contribution < 1.29 is 28.3 Å². The van der Waals surface area contributed by atoms with Crippen molar-refractivity contribution in [2.75, 3.05) is 0 Å². The lowest BCUT2D eigenvalue weighted by molar-refractivity contribution is -0.137. The van der Waals surface area contributed by atoms with E-state index in [1.54, 1.807) is 0 Å². The summed E-state index contributed by atoms with van der Waals surface area (Å²) in [5, 5.41) is 10.6. The predicted molar refractivity (Wildman–Crippen MR) is 63.7 cm³/mol. The van der Waals surface area contributed by atoms with Gasteiger partial charge in [-0.05, 0) is 18.6 Å². The van der Waals surface area contributed by atoms with Gasteiger partial charge in [-0.3, -0.25) is 14.4 Å². The summed E-state index contributed by atoms with van der Waals surface area (Å²) in [6.07, 6.45) is -0.646. The zero-order chi connectivity index (χ0) is 15.3. The zero-order valence-corrected chi connectivity index (χ0v) is 10.2. The Morgan fingerprint density at radius 2 is 1.95 bits per heavy atom. The number of carbonyl (C=O) groups excluding carboxylic acids is 2. The quantitative estimate of drug-likeness (QED) is 0.703. The number of rotatable bonds is 6. The third kappa shape index (κ3) is 4.01. The molecule has 6 nitrogen and oxygen atoms in total. The van der Waals surface area contributed by atoms with Gasteiger partial charge in [-0.25, -0.2) is 8.78 Å². The Balaban J connectivity index is 2.83. The van der Waals surface area contributed by atoms with Gasteiger partial charge in [0.15, 0.2) is 11.6 Å². The number of nitrogens with two attached hydrogens (primary N) is 1. The van der Waals surface area contributed by atoms with E-state index in [9.17, 15) is 23.2 Å². The standard InChI is InChI=1S/C12H12F2N2O4/c13-7-3-1-2-6(10(7)14)12(20)16-8(11(15)19)4-5-9(17)18/h1-3,8H,4-5H2,(H2,15,19)(H,16,20)(H,17,18)/t8-/m1/s1. The molecule has 108 valence electrons. The number of hydrogen-bond donors (Lipinski definition) is 3. The van der Waals surface area contributed by atoms with Crippen LogP contribution in [0.1, 0.15) is 23.2 Å². The first-order chi connectivity index (χ1) is 9.32. The largest absolute Gasteiger partial charge is 0.481 e. The minimum atomic E-state index is -1.36. The van der Waals surface area contributed by atoms with Gasteiger partial charge in [0.05, 0.1) is 5.56 Å². The molecule has 0 saturated heterocycles. The van der Waals surface area contributed by atoms with Crippen LogP contribution < -0.4 is 11.1 Å². The summed E-state index contributed by atoms with van der Waals surface area (Å²) in [5.41, 5.74) is 4.41. The van der Waals surface area contributed by atoms with Crippen LogP contribution in [0.5, 0.6) is 0 Å². The van der Waals surface area contributed by atoms with Crippen LogP contribution in [-0.4, -0.2) is 28.9 Å². The summed E-state index contributed by atoms with van der Waals surface area (Å²) < 4.78 is 26.3. The van der Waals surface area contributed by atoms with Crippen molar-refractivity contribution >= 4 is 17.8 Å². The van der Waals surface area contributed by atoms with E-state index in [4.69, 9.17) is 10.8 Å². The minimum absolute atomic E-state index is 0.243. The van der Waals surface area contributed by atoms with Gasteiger partial charge in [0, 0.05) is 6.42 Å². The van der Waals surface area contributed by atoms with E-state index in [2.05, 4.69) is 5.32 Å². The van der Waals surface area contributed by atoms with Gasteiger partial charge >= 0.3 is 5.97 Å². The highest BCUT2D eigenvalue weighted by Crippen LogP contribution is 2.11. The molecule has 20 heavy (non-hydrogen) atoms. The number of carboxylic acid groups (broad SMARTS) is 1. The van der Waals surface area contributed by atoms with Gasteiger partial charge in [-0.2, -0.15) is 0 Å². The van der Waals surface area contributed by atoms with E-state index in [0.717, 1.165) is 18.2 Å². The van der Waals surface area contributed by atoms with Crippen LogP contribution in [0.3, 0.4) is 0 Å². The summed E-state index contributed by atoms with van der Waals surface area (Å²) in [6, 6.07) is 1.72. The lowest BCUT2D eigenvalue weighted by Crippen LogP contribution is -2.45. The number of primary amides is 1. The first-order valence-electron chi connectivity index (χ1n) is 5.59. The van der Waals surface area contributed by atoms with Crippen LogP contribution in [-0.2, 0) is 9.59 Å². The van der Waals surface area contributed by atoms with Crippen LogP contribution in [0, 0.1) is 11.6 Å². The molecule has 1 rings (SSSR count). The number of hydrogen-bond acceptors (Lipinski definition) is 3. The number of aliphatic carboxylic acids is 1. The number of carbonyl (C=O) groups is 3. The Morgan fingerprint density at radius 3 is 2.50 bits per heavy atom. The topological polar surface area (TPSA) is 109 Å². The molecule has 0 aliphatic carbocycles. The van der Waals surface area contributed by atoms with Crippen LogP contribution >= 0.6 is 0 Å². The highest BCUT2D eigenvalue weighted by Gasteiger charge is 2.22. The molecule has 0 radical (unpaired) electrons. The van der Waals surface area contributed by atoms with Crippen LogP contribution in [0.25, 0.3) is 0 Å². The van der Waals surface area contributed by atoms with Gasteiger partial charge in [-0.1, -0.05) is 6.07 Å². The Labute approximate surface area is 112 Å². The van der Waals surface area contributed by atoms with E-state index in [1.807, 2.05) is 0 Å². The lowest BCUT2D eigenvalue weighted by atomic mass is 10.1. The minimum Gasteiger partial charge on any atom is -0.481 e. The van der Waals surface area contributed by atoms with Crippen molar-refractivity contribution in [1.82, 2.24) is 5.32 Å². The van der Waals surface area contributed by atoms with Crippen molar-refractivity contribution in [2.45, 2.75) is 18.9 Å². The molecule has 0 bridgehead atoms. The molecule has 2 amide bonds. The third-order valence-electron chi connectivity index (χ3n) is 2.49. The van der Waals surface area contributed by atoms with Crippen LogP contribution in [0.2, 0.25) is 0 Å². The maximum Gasteiger partial charge on any atom is 0.303 e. The molecule has 0 fully saturated rings. The predicted octanol–water partition coefficient (Wildman–Crippen LogP) is 0.413. The Bertz CT molecular complexity index is 548. The van der Waals surface area contributed by atoms with E-state index < -0.39 is 47.4 Å². The first kappa shape index (κ1) is 15.5. The fraction of sp³-hybridized carbons (Fsp3) is 0.250. The van der Waals surface area contributed by atoms with Crippen molar-refractivity contribution in [3.05, 3.63) is 35.4 Å². The number of carboxylic acids is 1. The second-order valence-electron chi connectivity index (χ2n) is 3.96. The average Bonchev–Trinajstić information content (AvgIpc) is 2.36. The number of amides is 2. The van der Waals surface area contributed by atoms with Gasteiger partial charge in [0.2, 0.25) is 5.91 Å². The molecule has 0 heterocycles. The van der Waals surface area contributed by atoms with E-state index >= 15 is 0 Å². The SMILES string of the molecule is NC(=O)[C@@H](CCC(=O)O)NC(=O)c1cccc(F)c1F. The van der Waals surface area contributed by atoms with Crippen LogP contribution in [0.15, 0.2) is 18.2 Å². The summed E-state index contributed by atoms with van der Waals surface area (Å²) in [7, 11) is 0. The zero-order valence-electron chi connectivity index (χ0n) is 10.2. The Morgan fingerprint density at radius 1 is 1.30 bits per heavy atom. The fourth-order valence-corrected chi connectivity index (χ4v) is 1.47. The fourth-order valence-electron chi connectivity index (χ4n) is 1.47. The molecule has 1 atom stereocenters. The van der Waals surface area contributed by atoms with Crippen molar-refractivity contribution in [2.24, 2.45) is 5.73 Å². The molecule has 1 aromatic rings. The van der Waals surface area contributed by atoms with Crippen LogP contribution in [0.4, 0.5) is 8.78 Å². The molecule has 1 aromatic carbocycles. The normalized spacial score (nSPS) is 11.7. The molecule has 0 spiro atoms. The molecule has 0 aliphatic heterocycles.